The maximum Gasteiger partial charge on any atom is 0.277 e. The predicted molar refractivity (Wildman–Crippen MR) is 91.5 cm³/mol. The molecule has 22 heavy (non-hydrogen) atoms. The van der Waals surface area contributed by atoms with Crippen molar-refractivity contribution in [3.05, 3.63) is 35.0 Å². The molecule has 6 heteroatoms. The van der Waals surface area contributed by atoms with E-state index >= 15 is 0 Å². The number of nitrogens with one attached hydrogen (secondary N) is 2. The smallest absolute Gasteiger partial charge is 0.277 e. The summed E-state index contributed by atoms with van der Waals surface area (Å²) < 4.78 is 0. The molecule has 0 radical (unpaired) electrons. The lowest BCUT2D eigenvalue weighted by Crippen LogP contribution is -2.19. The Morgan fingerprint density at radius 1 is 1.36 bits per heavy atom. The summed E-state index contributed by atoms with van der Waals surface area (Å²) >= 11 is 1.47. The van der Waals surface area contributed by atoms with Crippen molar-refractivity contribution >= 4 is 33.6 Å². The average molecular weight is 316 g/mol. The van der Waals surface area contributed by atoms with Crippen molar-refractivity contribution in [3.63, 3.8) is 0 Å². The van der Waals surface area contributed by atoms with E-state index in [4.69, 9.17) is 5.73 Å². The number of nitrogens with zero attached hydrogens (tertiary/aromatic N) is 1. The van der Waals surface area contributed by atoms with Crippen LogP contribution in [0.15, 0.2) is 23.7 Å². The monoisotopic (exact) mass is 316 g/mol. The molecule has 0 aliphatic heterocycles. The summed E-state index contributed by atoms with van der Waals surface area (Å²) in [5.41, 5.74) is 10.3. The van der Waals surface area contributed by atoms with Gasteiger partial charge in [-0.2, -0.15) is 0 Å². The molecule has 1 heterocycles. The topological polar surface area (TPSA) is 80.0 Å². The maximum atomic E-state index is 12.5. The molecule has 1 aliphatic rings. The fraction of sp³-hybridized carbons (Fsp3) is 0.375. The van der Waals surface area contributed by atoms with Gasteiger partial charge in [0.25, 0.3) is 5.91 Å². The van der Waals surface area contributed by atoms with E-state index in [0.717, 1.165) is 23.4 Å². The molecule has 1 saturated carbocycles. The number of aromatic nitrogens is 1. The van der Waals surface area contributed by atoms with Gasteiger partial charge in [-0.25, -0.2) is 4.98 Å². The van der Waals surface area contributed by atoms with Crippen LogP contribution in [0.3, 0.4) is 0 Å². The number of rotatable bonds is 4. The molecule has 0 unspecified atom stereocenters. The number of carbonyl (C=O) groups is 1. The molecule has 1 aromatic carbocycles. The van der Waals surface area contributed by atoms with Crippen molar-refractivity contribution in [1.29, 1.82) is 0 Å². The molecule has 1 amide bonds. The lowest BCUT2D eigenvalue weighted by molar-refractivity contribution is 0.102. The Morgan fingerprint density at radius 2 is 2.14 bits per heavy atom. The summed E-state index contributed by atoms with van der Waals surface area (Å²) in [6.07, 6.45) is 4.81. The van der Waals surface area contributed by atoms with Crippen molar-refractivity contribution < 1.29 is 4.79 Å². The van der Waals surface area contributed by atoms with E-state index in [-0.39, 0.29) is 5.91 Å². The minimum absolute atomic E-state index is 0.223. The molecular formula is C16H20N4OS. The second-order valence-corrected chi connectivity index (χ2v) is 6.56. The van der Waals surface area contributed by atoms with Gasteiger partial charge in [0.15, 0.2) is 5.69 Å². The van der Waals surface area contributed by atoms with Gasteiger partial charge in [0.1, 0.15) is 5.00 Å². The van der Waals surface area contributed by atoms with Crippen LogP contribution >= 0.6 is 11.3 Å². The molecule has 0 bridgehead atoms. The molecule has 3 rings (SSSR count). The number of thiazole rings is 1. The molecular weight excluding hydrogens is 296 g/mol. The van der Waals surface area contributed by atoms with Gasteiger partial charge >= 0.3 is 0 Å². The SMILES string of the molecule is Cc1ccc(N)c(NC(=O)c2ncsc2NC2CCCC2)c1. The van der Waals surface area contributed by atoms with E-state index < -0.39 is 0 Å². The van der Waals surface area contributed by atoms with Gasteiger partial charge in [-0.3, -0.25) is 4.79 Å². The highest BCUT2D eigenvalue weighted by molar-refractivity contribution is 7.14. The Hall–Kier alpha value is -2.08. The Kier molecular flexibility index (Phi) is 4.29. The molecule has 0 spiro atoms. The van der Waals surface area contributed by atoms with Crippen molar-refractivity contribution in [3.8, 4) is 0 Å². The maximum absolute atomic E-state index is 12.5. The third-order valence-corrected chi connectivity index (χ3v) is 4.69. The minimum Gasteiger partial charge on any atom is -0.397 e. The summed E-state index contributed by atoms with van der Waals surface area (Å²) in [5, 5.41) is 7.15. The summed E-state index contributed by atoms with van der Waals surface area (Å²) in [7, 11) is 0. The molecule has 116 valence electrons. The van der Waals surface area contributed by atoms with Crippen LogP contribution in [0.25, 0.3) is 0 Å². The number of anilines is 3. The van der Waals surface area contributed by atoms with Crippen LogP contribution in [0.5, 0.6) is 0 Å². The Bertz CT molecular complexity index is 677. The Balaban J connectivity index is 1.75. The van der Waals surface area contributed by atoms with Crippen LogP contribution in [0.4, 0.5) is 16.4 Å². The van der Waals surface area contributed by atoms with Crippen molar-refractivity contribution in [2.24, 2.45) is 0 Å². The normalized spacial score (nSPS) is 15.0. The second kappa shape index (κ2) is 6.36. The largest absolute Gasteiger partial charge is 0.397 e. The van der Waals surface area contributed by atoms with Gasteiger partial charge in [0.05, 0.1) is 16.9 Å². The summed E-state index contributed by atoms with van der Waals surface area (Å²) in [4.78, 5) is 16.7. The molecule has 0 atom stereocenters. The number of nitrogens with two attached hydrogens (primary N) is 1. The van der Waals surface area contributed by atoms with Crippen molar-refractivity contribution in [2.45, 2.75) is 38.6 Å². The fourth-order valence-electron chi connectivity index (χ4n) is 2.73. The first-order valence-corrected chi connectivity index (χ1v) is 8.39. The Morgan fingerprint density at radius 3 is 2.91 bits per heavy atom. The van der Waals surface area contributed by atoms with Gasteiger partial charge in [-0.05, 0) is 37.5 Å². The average Bonchev–Trinajstić information content (AvgIpc) is 3.15. The van der Waals surface area contributed by atoms with Crippen LogP contribution < -0.4 is 16.4 Å². The zero-order valence-corrected chi connectivity index (χ0v) is 13.4. The first kappa shape index (κ1) is 14.8. The first-order valence-electron chi connectivity index (χ1n) is 7.51. The van der Waals surface area contributed by atoms with Crippen molar-refractivity contribution in [2.75, 3.05) is 16.4 Å². The number of aryl methyl sites for hydroxylation is 1. The van der Waals surface area contributed by atoms with E-state index in [1.165, 1.54) is 24.2 Å². The number of hydrogen-bond acceptors (Lipinski definition) is 5. The summed E-state index contributed by atoms with van der Waals surface area (Å²) in [6, 6.07) is 6.03. The highest BCUT2D eigenvalue weighted by Crippen LogP contribution is 2.28. The predicted octanol–water partition coefficient (Wildman–Crippen LogP) is 3.64. The van der Waals surface area contributed by atoms with Crippen LogP contribution in [0.1, 0.15) is 41.7 Å². The van der Waals surface area contributed by atoms with Crippen LogP contribution in [-0.4, -0.2) is 16.9 Å². The molecule has 2 aromatic rings. The zero-order chi connectivity index (χ0) is 15.5. The number of hydrogen-bond donors (Lipinski definition) is 3. The first-order chi connectivity index (χ1) is 10.6. The molecule has 4 N–H and O–H groups in total. The third kappa shape index (κ3) is 3.22. The molecule has 1 aromatic heterocycles. The zero-order valence-electron chi connectivity index (χ0n) is 12.6. The van der Waals surface area contributed by atoms with E-state index in [9.17, 15) is 4.79 Å². The van der Waals surface area contributed by atoms with Crippen LogP contribution in [0.2, 0.25) is 0 Å². The quantitative estimate of drug-likeness (QED) is 0.752. The number of benzene rings is 1. The molecule has 5 nitrogen and oxygen atoms in total. The van der Waals surface area contributed by atoms with Gasteiger partial charge in [0, 0.05) is 6.04 Å². The van der Waals surface area contributed by atoms with Gasteiger partial charge in [0.2, 0.25) is 0 Å². The van der Waals surface area contributed by atoms with Crippen LogP contribution in [-0.2, 0) is 0 Å². The standard InChI is InChI=1S/C16H20N4OS/c1-10-6-7-12(17)13(8-10)20-15(21)14-16(22-9-18-14)19-11-4-2-3-5-11/h6-9,11,19H,2-5,17H2,1H3,(H,20,21). The van der Waals surface area contributed by atoms with E-state index in [0.29, 0.717) is 23.1 Å². The van der Waals surface area contributed by atoms with Gasteiger partial charge < -0.3 is 16.4 Å². The van der Waals surface area contributed by atoms with E-state index in [1.807, 2.05) is 19.1 Å². The highest BCUT2D eigenvalue weighted by Gasteiger charge is 2.20. The van der Waals surface area contributed by atoms with E-state index in [2.05, 4.69) is 15.6 Å². The summed E-state index contributed by atoms with van der Waals surface area (Å²) in [5.74, 6) is -0.223. The van der Waals surface area contributed by atoms with Gasteiger partial charge in [-0.15, -0.1) is 11.3 Å². The van der Waals surface area contributed by atoms with Crippen LogP contribution in [0, 0.1) is 6.92 Å². The molecule has 0 saturated heterocycles. The molecule has 1 aliphatic carbocycles. The Labute approximate surface area is 133 Å². The fourth-order valence-corrected chi connectivity index (χ4v) is 3.48. The number of amides is 1. The minimum atomic E-state index is -0.223. The lowest BCUT2D eigenvalue weighted by atomic mass is 10.2. The van der Waals surface area contributed by atoms with Crippen molar-refractivity contribution in [1.82, 2.24) is 4.98 Å². The third-order valence-electron chi connectivity index (χ3n) is 3.93. The lowest BCUT2D eigenvalue weighted by Gasteiger charge is -2.13. The number of carbonyl (C=O) groups excluding carboxylic acids is 1. The summed E-state index contributed by atoms with van der Waals surface area (Å²) in [6.45, 7) is 1.96. The second-order valence-electron chi connectivity index (χ2n) is 5.70. The van der Waals surface area contributed by atoms with Gasteiger partial charge in [-0.1, -0.05) is 18.9 Å². The highest BCUT2D eigenvalue weighted by atomic mass is 32.1. The number of nitrogen functional groups attached to an aromatic ring is 1. The van der Waals surface area contributed by atoms with E-state index in [1.54, 1.807) is 11.6 Å². The molecule has 1 fully saturated rings.